The van der Waals surface area contributed by atoms with Gasteiger partial charge in [0.05, 0.1) is 24.4 Å². The Hall–Kier alpha value is -2.19. The number of rotatable bonds is 6. The average Bonchev–Trinajstić information content (AvgIpc) is 3.40. The Labute approximate surface area is 162 Å². The molecule has 2 aromatic rings. The molecule has 144 valence electrons. The Morgan fingerprint density at radius 1 is 1.30 bits per heavy atom. The van der Waals surface area contributed by atoms with Crippen LogP contribution >= 0.6 is 11.3 Å². The summed E-state index contributed by atoms with van der Waals surface area (Å²) in [5.41, 5.74) is 0.999. The van der Waals surface area contributed by atoms with Crippen molar-refractivity contribution < 1.29 is 14.0 Å². The van der Waals surface area contributed by atoms with Gasteiger partial charge in [-0.3, -0.25) is 14.5 Å². The Morgan fingerprint density at radius 2 is 2.15 bits per heavy atom. The monoisotopic (exact) mass is 388 g/mol. The fourth-order valence-corrected chi connectivity index (χ4v) is 4.39. The van der Waals surface area contributed by atoms with E-state index in [9.17, 15) is 9.59 Å². The number of nitrogens with one attached hydrogen (secondary N) is 1. The highest BCUT2D eigenvalue weighted by atomic mass is 32.1. The lowest BCUT2D eigenvalue weighted by molar-refractivity contribution is -0.128. The molecule has 2 aromatic heterocycles. The number of piperidine rings is 1. The van der Waals surface area contributed by atoms with E-state index in [1.165, 1.54) is 30.6 Å². The maximum atomic E-state index is 12.6. The second-order valence-corrected chi connectivity index (χ2v) is 8.08. The van der Waals surface area contributed by atoms with E-state index in [1.807, 2.05) is 11.4 Å². The maximum Gasteiger partial charge on any atom is 0.231 e. The largest absolute Gasteiger partial charge is 0.467 e. The third-order valence-electron chi connectivity index (χ3n) is 5.13. The predicted molar refractivity (Wildman–Crippen MR) is 102 cm³/mol. The lowest BCUT2D eigenvalue weighted by atomic mass is 10.1. The van der Waals surface area contributed by atoms with Crippen LogP contribution in [0.3, 0.4) is 0 Å². The zero-order valence-electron chi connectivity index (χ0n) is 15.2. The van der Waals surface area contributed by atoms with Crippen molar-refractivity contribution in [2.24, 2.45) is 5.92 Å². The summed E-state index contributed by atoms with van der Waals surface area (Å²) in [7, 11) is 0. The van der Waals surface area contributed by atoms with Gasteiger partial charge >= 0.3 is 0 Å². The summed E-state index contributed by atoms with van der Waals surface area (Å²) >= 11 is 1.45. The molecule has 2 saturated heterocycles. The minimum Gasteiger partial charge on any atom is -0.467 e. The summed E-state index contributed by atoms with van der Waals surface area (Å²) in [4.78, 5) is 33.4. The van der Waals surface area contributed by atoms with Crippen LogP contribution in [0.25, 0.3) is 0 Å². The number of carbonyl (C=O) groups is 2. The summed E-state index contributed by atoms with van der Waals surface area (Å²) in [6, 6.07) is 3.63. The van der Waals surface area contributed by atoms with Crippen LogP contribution in [0.2, 0.25) is 0 Å². The van der Waals surface area contributed by atoms with Gasteiger partial charge in [-0.05, 0) is 38.1 Å². The molecule has 1 N–H and O–H groups in total. The molecule has 4 heterocycles. The summed E-state index contributed by atoms with van der Waals surface area (Å²) < 4.78 is 5.29. The van der Waals surface area contributed by atoms with Crippen LogP contribution in [0.4, 0.5) is 5.13 Å². The topological polar surface area (TPSA) is 78.7 Å². The Bertz CT molecular complexity index is 783. The summed E-state index contributed by atoms with van der Waals surface area (Å²) in [5, 5.41) is 5.51. The first-order valence-corrected chi connectivity index (χ1v) is 10.3. The number of thiazole rings is 1. The van der Waals surface area contributed by atoms with E-state index in [-0.39, 0.29) is 24.2 Å². The number of hydrogen-bond acceptors (Lipinski definition) is 6. The van der Waals surface area contributed by atoms with Gasteiger partial charge in [-0.25, -0.2) is 4.98 Å². The first kappa shape index (κ1) is 18.2. The molecule has 1 atom stereocenters. The molecule has 0 saturated carbocycles. The quantitative estimate of drug-likeness (QED) is 0.823. The first-order chi connectivity index (χ1) is 13.2. The zero-order valence-corrected chi connectivity index (χ0v) is 16.0. The highest BCUT2D eigenvalue weighted by Gasteiger charge is 2.35. The van der Waals surface area contributed by atoms with Gasteiger partial charge in [0.1, 0.15) is 5.76 Å². The Kier molecular flexibility index (Phi) is 5.54. The third-order valence-corrected chi connectivity index (χ3v) is 5.93. The molecule has 27 heavy (non-hydrogen) atoms. The molecule has 2 aliphatic heterocycles. The van der Waals surface area contributed by atoms with Gasteiger partial charge in [0.25, 0.3) is 0 Å². The van der Waals surface area contributed by atoms with E-state index in [1.54, 1.807) is 17.2 Å². The lowest BCUT2D eigenvalue weighted by Gasteiger charge is -2.25. The lowest BCUT2D eigenvalue weighted by Crippen LogP contribution is -2.29. The number of likely N-dealkylation sites (tertiary alicyclic amines) is 2. The van der Waals surface area contributed by atoms with Crippen LogP contribution in [0.5, 0.6) is 0 Å². The number of amides is 2. The second-order valence-electron chi connectivity index (χ2n) is 7.22. The Morgan fingerprint density at radius 3 is 2.93 bits per heavy atom. The van der Waals surface area contributed by atoms with Crippen LogP contribution < -0.4 is 5.32 Å². The average molecular weight is 388 g/mol. The number of anilines is 1. The van der Waals surface area contributed by atoms with Gasteiger partial charge in [0.2, 0.25) is 11.8 Å². The molecule has 8 heteroatoms. The Balaban J connectivity index is 1.29. The summed E-state index contributed by atoms with van der Waals surface area (Å²) in [6.45, 7) is 3.90. The smallest absolute Gasteiger partial charge is 0.231 e. The molecule has 4 rings (SSSR count). The van der Waals surface area contributed by atoms with Gasteiger partial charge in [-0.2, -0.15) is 0 Å². The standard InChI is InChI=1S/C19H24N4O3S/c24-17-9-14(10-23(17)12-16-5-4-8-26-16)18(25)21-19-20-15(13-27-19)11-22-6-2-1-3-7-22/h4-5,8,13-14H,1-3,6-7,9-12H2,(H,20,21,25). The molecule has 0 bridgehead atoms. The molecule has 0 aliphatic carbocycles. The molecule has 2 fully saturated rings. The van der Waals surface area contributed by atoms with E-state index in [2.05, 4.69) is 15.2 Å². The fraction of sp³-hybridized carbons (Fsp3) is 0.526. The molecule has 0 spiro atoms. The number of furan rings is 1. The van der Waals surface area contributed by atoms with Crippen LogP contribution in [0.15, 0.2) is 28.2 Å². The van der Waals surface area contributed by atoms with Crippen LogP contribution in [0.1, 0.15) is 37.1 Å². The normalized spacial score (nSPS) is 21.0. The molecule has 2 aliphatic rings. The maximum absolute atomic E-state index is 12.6. The highest BCUT2D eigenvalue weighted by molar-refractivity contribution is 7.13. The van der Waals surface area contributed by atoms with Gasteiger partial charge in [-0.1, -0.05) is 6.42 Å². The van der Waals surface area contributed by atoms with E-state index < -0.39 is 0 Å². The SMILES string of the molecule is O=C(Nc1nc(CN2CCCCC2)cs1)C1CC(=O)N(Cc2ccco2)C1. The van der Waals surface area contributed by atoms with Crippen LogP contribution in [-0.4, -0.2) is 46.2 Å². The van der Waals surface area contributed by atoms with Crippen molar-refractivity contribution in [2.45, 2.75) is 38.8 Å². The second kappa shape index (κ2) is 8.22. The predicted octanol–water partition coefficient (Wildman–Crippen LogP) is 2.71. The van der Waals surface area contributed by atoms with Crippen molar-refractivity contribution in [3.8, 4) is 0 Å². The third kappa shape index (κ3) is 4.56. The summed E-state index contributed by atoms with van der Waals surface area (Å²) in [5.74, 6) is 0.231. The van der Waals surface area contributed by atoms with Crippen LogP contribution in [0, 0.1) is 5.92 Å². The number of nitrogens with zero attached hydrogens (tertiary/aromatic N) is 3. The van der Waals surface area contributed by atoms with Crippen LogP contribution in [-0.2, 0) is 22.7 Å². The summed E-state index contributed by atoms with van der Waals surface area (Å²) in [6.07, 6.45) is 5.63. The van der Waals surface area contributed by atoms with Crippen molar-refractivity contribution in [2.75, 3.05) is 25.0 Å². The van der Waals surface area contributed by atoms with Crippen molar-refractivity contribution in [1.82, 2.24) is 14.8 Å². The molecule has 0 radical (unpaired) electrons. The minimum absolute atomic E-state index is 0.0172. The molecular formula is C19H24N4O3S. The van der Waals surface area contributed by atoms with Gasteiger partial charge < -0.3 is 14.6 Å². The van der Waals surface area contributed by atoms with Crippen molar-refractivity contribution in [1.29, 1.82) is 0 Å². The molecule has 0 aromatic carbocycles. The molecular weight excluding hydrogens is 364 g/mol. The fourth-order valence-electron chi connectivity index (χ4n) is 3.68. The minimum atomic E-state index is -0.345. The van der Waals surface area contributed by atoms with Crippen molar-refractivity contribution in [3.05, 3.63) is 35.2 Å². The van der Waals surface area contributed by atoms with Crippen molar-refractivity contribution >= 4 is 28.3 Å². The van der Waals surface area contributed by atoms with Crippen molar-refractivity contribution in [3.63, 3.8) is 0 Å². The molecule has 7 nitrogen and oxygen atoms in total. The number of hydrogen-bond donors (Lipinski definition) is 1. The highest BCUT2D eigenvalue weighted by Crippen LogP contribution is 2.24. The van der Waals surface area contributed by atoms with E-state index in [4.69, 9.17) is 4.42 Å². The molecule has 2 amide bonds. The van der Waals surface area contributed by atoms with E-state index in [0.29, 0.717) is 18.2 Å². The van der Waals surface area contributed by atoms with Gasteiger partial charge in [0, 0.05) is 24.9 Å². The van der Waals surface area contributed by atoms with Gasteiger partial charge in [-0.15, -0.1) is 11.3 Å². The van der Waals surface area contributed by atoms with Gasteiger partial charge in [0.15, 0.2) is 5.13 Å². The zero-order chi connectivity index (χ0) is 18.6. The molecule has 1 unspecified atom stereocenters. The first-order valence-electron chi connectivity index (χ1n) is 9.45. The number of carbonyl (C=O) groups excluding carboxylic acids is 2. The van der Waals surface area contributed by atoms with E-state index in [0.717, 1.165) is 31.1 Å². The van der Waals surface area contributed by atoms with E-state index >= 15 is 0 Å². The number of aromatic nitrogens is 1.